The third-order valence-corrected chi connectivity index (χ3v) is 9.05. The summed E-state index contributed by atoms with van der Waals surface area (Å²) < 4.78 is 2.53. The van der Waals surface area contributed by atoms with Crippen LogP contribution in [0.1, 0.15) is 46.6 Å². The van der Waals surface area contributed by atoms with Crippen molar-refractivity contribution in [2.24, 2.45) is 11.8 Å². The van der Waals surface area contributed by atoms with Gasteiger partial charge in [-0.2, -0.15) is 5.10 Å². The Morgan fingerprint density at radius 3 is 2.61 bits per heavy atom. The lowest BCUT2D eigenvalue weighted by Crippen LogP contribution is -2.41. The number of carbonyl (C=O) groups excluding carboxylic acids is 1. The number of hydrogen-bond acceptors (Lipinski definition) is 4. The van der Waals surface area contributed by atoms with E-state index in [1.165, 1.54) is 24.1 Å². The van der Waals surface area contributed by atoms with Crippen molar-refractivity contribution in [3.8, 4) is 16.9 Å². The number of benzene rings is 1. The summed E-state index contributed by atoms with van der Waals surface area (Å²) in [5, 5.41) is 7.95. The van der Waals surface area contributed by atoms with Crippen molar-refractivity contribution in [1.82, 2.24) is 20.2 Å². The van der Waals surface area contributed by atoms with Gasteiger partial charge in [-0.1, -0.05) is 41.2 Å². The summed E-state index contributed by atoms with van der Waals surface area (Å²) in [4.78, 5) is 14.7. The molecule has 0 bridgehead atoms. The van der Waals surface area contributed by atoms with Crippen molar-refractivity contribution in [3.05, 3.63) is 54.8 Å². The third-order valence-electron chi connectivity index (χ3n) is 7.19. The van der Waals surface area contributed by atoms with Gasteiger partial charge in [0.1, 0.15) is 0 Å². The second-order valence-corrected chi connectivity index (χ2v) is 11.8. The van der Waals surface area contributed by atoms with Gasteiger partial charge in [0.05, 0.1) is 20.7 Å². The predicted octanol–water partition coefficient (Wildman–Crippen LogP) is 6.43. The summed E-state index contributed by atoms with van der Waals surface area (Å²) in [6, 6.07) is 7.32. The molecule has 6 rings (SSSR count). The van der Waals surface area contributed by atoms with E-state index in [0.29, 0.717) is 33.3 Å². The minimum Gasteiger partial charge on any atom is -0.283 e. The Kier molecular flexibility index (Phi) is 5.70. The maximum Gasteiger partial charge on any atom is 0.286 e. The summed E-state index contributed by atoms with van der Waals surface area (Å²) in [5.74, 6) is 1.24. The molecule has 1 saturated heterocycles. The fourth-order valence-electron chi connectivity index (χ4n) is 5.70. The van der Waals surface area contributed by atoms with E-state index in [9.17, 15) is 4.79 Å². The van der Waals surface area contributed by atoms with Gasteiger partial charge in [-0.05, 0) is 68.2 Å². The van der Waals surface area contributed by atoms with E-state index in [1.807, 2.05) is 12.1 Å². The first-order valence-electron chi connectivity index (χ1n) is 11.4. The van der Waals surface area contributed by atoms with Gasteiger partial charge in [0, 0.05) is 34.1 Å². The van der Waals surface area contributed by atoms with Crippen molar-refractivity contribution in [2.75, 3.05) is 13.1 Å². The summed E-state index contributed by atoms with van der Waals surface area (Å²) in [5.41, 5.74) is 7.20. The van der Waals surface area contributed by atoms with Crippen molar-refractivity contribution in [3.63, 3.8) is 0 Å². The average Bonchev–Trinajstić information content (AvgIpc) is 3.49. The Bertz CT molecular complexity index is 1240. The first-order chi connectivity index (χ1) is 16.0. The molecule has 2 unspecified atom stereocenters. The zero-order valence-electron chi connectivity index (χ0n) is 17.9. The quantitative estimate of drug-likeness (QED) is 0.432. The van der Waals surface area contributed by atoms with Crippen LogP contribution in [0.5, 0.6) is 0 Å². The highest BCUT2D eigenvalue weighted by molar-refractivity contribution is 7.16. The molecule has 2 aliphatic carbocycles. The number of hydrogen-bond donors (Lipinski definition) is 1. The molecular weight excluding hydrogens is 499 g/mol. The summed E-state index contributed by atoms with van der Waals surface area (Å²) >= 11 is 20.7. The van der Waals surface area contributed by atoms with Crippen LogP contribution in [0.3, 0.4) is 0 Å². The maximum atomic E-state index is 13.5. The third kappa shape index (κ3) is 3.90. The van der Waals surface area contributed by atoms with Crippen LogP contribution in [0.15, 0.2) is 24.3 Å². The van der Waals surface area contributed by atoms with E-state index in [0.717, 1.165) is 53.5 Å². The molecule has 1 aliphatic heterocycles. The minimum absolute atomic E-state index is 0.153. The van der Waals surface area contributed by atoms with Crippen LogP contribution in [-0.2, 0) is 12.8 Å². The monoisotopic (exact) mass is 520 g/mol. The van der Waals surface area contributed by atoms with E-state index < -0.39 is 0 Å². The molecule has 9 heteroatoms. The van der Waals surface area contributed by atoms with E-state index in [4.69, 9.17) is 39.9 Å². The number of rotatable bonds is 3. The highest BCUT2D eigenvalue weighted by atomic mass is 35.5. The van der Waals surface area contributed by atoms with Crippen LogP contribution in [0.2, 0.25) is 14.4 Å². The van der Waals surface area contributed by atoms with Crippen molar-refractivity contribution >= 4 is 52.0 Å². The van der Waals surface area contributed by atoms with Crippen LogP contribution in [0.4, 0.5) is 0 Å². The fourth-order valence-corrected chi connectivity index (χ4v) is 7.51. The van der Waals surface area contributed by atoms with Crippen molar-refractivity contribution in [1.29, 1.82) is 0 Å². The maximum absolute atomic E-state index is 13.5. The standard InChI is InChI=1S/C24H23Cl3N4OS/c25-15-7-8-19(18(26)9-15)31-23-16(5-2-6-20-17(23)10-21(27)33-20)22(28-31)24(32)29-30-11-13-3-1-4-14(13)12-30/h7-10,13-14H,1-6,11-12H2,(H,29,32). The number of nitrogens with zero attached hydrogens (tertiary/aromatic N) is 3. The number of halogens is 3. The van der Waals surface area contributed by atoms with E-state index in [2.05, 4.69) is 10.4 Å². The number of amides is 1. The normalized spacial score (nSPS) is 22.0. The van der Waals surface area contributed by atoms with Gasteiger partial charge in [-0.15, -0.1) is 11.3 Å². The van der Waals surface area contributed by atoms with Crippen LogP contribution in [0, 0.1) is 11.8 Å². The number of hydrazine groups is 1. The summed E-state index contributed by atoms with van der Waals surface area (Å²) in [7, 11) is 0. The van der Waals surface area contributed by atoms with E-state index in [1.54, 1.807) is 28.2 Å². The smallest absolute Gasteiger partial charge is 0.283 e. The number of carbonyl (C=O) groups is 1. The topological polar surface area (TPSA) is 50.2 Å². The molecule has 1 amide bonds. The molecule has 33 heavy (non-hydrogen) atoms. The molecule has 3 heterocycles. The Hall–Kier alpha value is -1.57. The Balaban J connectivity index is 1.44. The zero-order chi connectivity index (χ0) is 22.7. The van der Waals surface area contributed by atoms with Gasteiger partial charge < -0.3 is 0 Å². The van der Waals surface area contributed by atoms with Crippen molar-refractivity contribution < 1.29 is 4.79 Å². The SMILES string of the molecule is O=C(NN1CC2CCCC2C1)c1nn(-c2ccc(Cl)cc2Cl)c2c1CCCc1sc(Cl)cc1-2. The fraction of sp³-hybridized carbons (Fsp3) is 0.417. The molecule has 1 N–H and O–H groups in total. The molecule has 2 atom stereocenters. The molecule has 1 saturated carbocycles. The summed E-state index contributed by atoms with van der Waals surface area (Å²) in [6.07, 6.45) is 6.46. The van der Waals surface area contributed by atoms with Gasteiger partial charge >= 0.3 is 0 Å². The van der Waals surface area contributed by atoms with E-state index >= 15 is 0 Å². The lowest BCUT2D eigenvalue weighted by Gasteiger charge is -2.17. The largest absolute Gasteiger partial charge is 0.286 e. The number of thiophene rings is 1. The second-order valence-electron chi connectivity index (χ2n) is 9.22. The van der Waals surface area contributed by atoms with Gasteiger partial charge in [-0.3, -0.25) is 10.2 Å². The predicted molar refractivity (Wildman–Crippen MR) is 134 cm³/mol. The number of aryl methyl sites for hydroxylation is 1. The molecule has 1 aromatic carbocycles. The number of aromatic nitrogens is 2. The molecule has 3 aliphatic rings. The average molecular weight is 522 g/mol. The highest BCUT2D eigenvalue weighted by Crippen LogP contribution is 2.43. The van der Waals surface area contributed by atoms with Crippen LogP contribution in [0.25, 0.3) is 16.9 Å². The van der Waals surface area contributed by atoms with Gasteiger partial charge in [0.15, 0.2) is 5.69 Å². The zero-order valence-corrected chi connectivity index (χ0v) is 21.0. The minimum atomic E-state index is -0.153. The molecule has 5 nitrogen and oxygen atoms in total. The molecule has 0 spiro atoms. The highest BCUT2D eigenvalue weighted by Gasteiger charge is 2.37. The molecule has 172 valence electrons. The Labute approximate surface area is 211 Å². The molecule has 2 aromatic heterocycles. The first-order valence-corrected chi connectivity index (χ1v) is 13.3. The van der Waals surface area contributed by atoms with Gasteiger partial charge in [0.2, 0.25) is 0 Å². The molecule has 0 radical (unpaired) electrons. The lowest BCUT2D eigenvalue weighted by molar-refractivity contribution is 0.0807. The Morgan fingerprint density at radius 1 is 1.06 bits per heavy atom. The van der Waals surface area contributed by atoms with E-state index in [-0.39, 0.29) is 5.91 Å². The molecule has 2 fully saturated rings. The molecule has 3 aromatic rings. The van der Waals surface area contributed by atoms with Crippen LogP contribution >= 0.6 is 46.1 Å². The van der Waals surface area contributed by atoms with Gasteiger partial charge in [0.25, 0.3) is 5.91 Å². The number of nitrogens with one attached hydrogen (secondary N) is 1. The van der Waals surface area contributed by atoms with Crippen LogP contribution < -0.4 is 5.43 Å². The Morgan fingerprint density at radius 2 is 1.85 bits per heavy atom. The first kappa shape index (κ1) is 21.9. The van der Waals surface area contributed by atoms with Crippen molar-refractivity contribution in [2.45, 2.75) is 38.5 Å². The van der Waals surface area contributed by atoms with Gasteiger partial charge in [-0.25, -0.2) is 9.69 Å². The number of fused-ring (bicyclic) bond motifs is 4. The summed E-state index contributed by atoms with van der Waals surface area (Å²) in [6.45, 7) is 1.85. The lowest BCUT2D eigenvalue weighted by atomic mass is 10.0. The second kappa shape index (κ2) is 8.58. The molecular formula is C24H23Cl3N4OS. The van der Waals surface area contributed by atoms with Crippen LogP contribution in [-0.4, -0.2) is 33.8 Å².